The van der Waals surface area contributed by atoms with Crippen molar-refractivity contribution >= 4 is 56.1 Å². The third-order valence-electron chi connectivity index (χ3n) is 4.64. The summed E-state index contributed by atoms with van der Waals surface area (Å²) in [5, 5.41) is 4.79. The summed E-state index contributed by atoms with van der Waals surface area (Å²) in [5.41, 5.74) is 1.62. The SMILES string of the molecule is O=C(CCCCOc1cc2oc(=O)ccc2cc1I)Nc1cccc2cccnc12. The number of hydrogen-bond acceptors (Lipinski definition) is 5. The van der Waals surface area contributed by atoms with Crippen LogP contribution in [0.3, 0.4) is 0 Å². The van der Waals surface area contributed by atoms with Crippen LogP contribution < -0.4 is 15.7 Å². The first-order valence-corrected chi connectivity index (χ1v) is 10.7. The Bertz CT molecular complexity index is 1260. The van der Waals surface area contributed by atoms with Gasteiger partial charge in [0, 0.05) is 35.5 Å². The highest BCUT2D eigenvalue weighted by Gasteiger charge is 2.08. The lowest BCUT2D eigenvalue weighted by molar-refractivity contribution is -0.116. The van der Waals surface area contributed by atoms with Gasteiger partial charge in [-0.2, -0.15) is 0 Å². The standard InChI is InChI=1S/C23H19IN2O4/c24-17-13-16-9-10-22(28)30-19(16)14-20(17)29-12-2-1-8-21(27)26-18-7-3-5-15-6-4-11-25-23(15)18/h3-7,9-11,13-14H,1-2,8,12H2,(H,26,27). The highest BCUT2D eigenvalue weighted by Crippen LogP contribution is 2.27. The second kappa shape index (κ2) is 9.25. The van der Waals surface area contributed by atoms with Crippen LogP contribution in [0.4, 0.5) is 5.69 Å². The lowest BCUT2D eigenvalue weighted by atomic mass is 10.2. The molecule has 2 aromatic carbocycles. The van der Waals surface area contributed by atoms with Gasteiger partial charge in [-0.05, 0) is 59.7 Å². The molecule has 0 bridgehead atoms. The topological polar surface area (TPSA) is 81.4 Å². The fourth-order valence-electron chi connectivity index (χ4n) is 3.17. The van der Waals surface area contributed by atoms with Crippen LogP contribution in [-0.4, -0.2) is 17.5 Å². The van der Waals surface area contributed by atoms with E-state index in [1.807, 2.05) is 36.4 Å². The van der Waals surface area contributed by atoms with Crippen LogP contribution >= 0.6 is 22.6 Å². The highest BCUT2D eigenvalue weighted by molar-refractivity contribution is 14.1. The molecule has 2 aromatic heterocycles. The van der Waals surface area contributed by atoms with E-state index in [4.69, 9.17) is 9.15 Å². The number of aromatic nitrogens is 1. The fourth-order valence-corrected chi connectivity index (χ4v) is 3.81. The number of unbranched alkanes of at least 4 members (excludes halogenated alkanes) is 1. The van der Waals surface area contributed by atoms with Crippen molar-refractivity contribution in [3.8, 4) is 5.75 Å². The summed E-state index contributed by atoms with van der Waals surface area (Å²) in [6.07, 6.45) is 3.54. The maximum Gasteiger partial charge on any atom is 0.336 e. The van der Waals surface area contributed by atoms with Gasteiger partial charge in [-0.1, -0.05) is 18.2 Å². The minimum Gasteiger partial charge on any atom is -0.492 e. The molecular weight excluding hydrogens is 495 g/mol. The largest absolute Gasteiger partial charge is 0.492 e. The van der Waals surface area contributed by atoms with Gasteiger partial charge in [-0.15, -0.1) is 0 Å². The van der Waals surface area contributed by atoms with E-state index in [-0.39, 0.29) is 11.5 Å². The Morgan fingerprint density at radius 3 is 2.83 bits per heavy atom. The Labute approximate surface area is 186 Å². The number of amides is 1. The molecule has 0 saturated heterocycles. The number of hydrogen-bond donors (Lipinski definition) is 1. The zero-order valence-corrected chi connectivity index (χ0v) is 18.2. The Hall–Kier alpha value is -2.94. The molecule has 0 aliphatic rings. The number of rotatable bonds is 7. The van der Waals surface area contributed by atoms with Crippen LogP contribution in [0.2, 0.25) is 0 Å². The van der Waals surface area contributed by atoms with Crippen molar-refractivity contribution in [1.82, 2.24) is 4.98 Å². The molecule has 1 amide bonds. The Morgan fingerprint density at radius 2 is 1.93 bits per heavy atom. The van der Waals surface area contributed by atoms with E-state index in [2.05, 4.69) is 32.9 Å². The van der Waals surface area contributed by atoms with E-state index >= 15 is 0 Å². The summed E-state index contributed by atoms with van der Waals surface area (Å²) in [6, 6.07) is 16.4. The number of halogens is 1. The van der Waals surface area contributed by atoms with Gasteiger partial charge in [-0.25, -0.2) is 4.79 Å². The second-order valence-electron chi connectivity index (χ2n) is 6.81. The maximum absolute atomic E-state index is 12.3. The van der Waals surface area contributed by atoms with Crippen molar-refractivity contribution in [2.75, 3.05) is 11.9 Å². The predicted octanol–water partition coefficient (Wildman–Crippen LogP) is 5.13. The Morgan fingerprint density at radius 1 is 1.07 bits per heavy atom. The molecule has 0 spiro atoms. The first-order valence-electron chi connectivity index (χ1n) is 9.60. The molecule has 152 valence electrons. The van der Waals surface area contributed by atoms with Crippen LogP contribution in [0.1, 0.15) is 19.3 Å². The van der Waals surface area contributed by atoms with Crippen molar-refractivity contribution in [3.63, 3.8) is 0 Å². The second-order valence-corrected chi connectivity index (χ2v) is 7.97. The number of carbonyl (C=O) groups excluding carboxylic acids is 1. The quantitative estimate of drug-likeness (QED) is 0.210. The minimum atomic E-state index is -0.387. The molecule has 0 atom stereocenters. The molecule has 0 fully saturated rings. The van der Waals surface area contributed by atoms with E-state index in [0.717, 1.165) is 32.0 Å². The fraction of sp³-hybridized carbons (Fsp3) is 0.174. The average Bonchev–Trinajstić information content (AvgIpc) is 2.74. The lowest BCUT2D eigenvalue weighted by Gasteiger charge is -2.10. The van der Waals surface area contributed by atoms with Gasteiger partial charge in [0.2, 0.25) is 5.91 Å². The van der Waals surface area contributed by atoms with Gasteiger partial charge in [-0.3, -0.25) is 9.78 Å². The van der Waals surface area contributed by atoms with Crippen molar-refractivity contribution in [2.45, 2.75) is 19.3 Å². The summed E-state index contributed by atoms with van der Waals surface area (Å²) in [5.74, 6) is 0.624. The number of benzene rings is 2. The first-order chi connectivity index (χ1) is 14.6. The molecular formula is C23H19IN2O4. The molecule has 0 aliphatic heterocycles. The molecule has 0 saturated carbocycles. The Kier molecular flexibility index (Phi) is 6.27. The van der Waals surface area contributed by atoms with Crippen LogP contribution in [0, 0.1) is 3.57 Å². The van der Waals surface area contributed by atoms with Gasteiger partial charge in [0.15, 0.2) is 0 Å². The van der Waals surface area contributed by atoms with Crippen LogP contribution in [0.25, 0.3) is 21.9 Å². The molecule has 0 radical (unpaired) electrons. The molecule has 1 N–H and O–H groups in total. The van der Waals surface area contributed by atoms with E-state index in [0.29, 0.717) is 30.8 Å². The van der Waals surface area contributed by atoms with Crippen LogP contribution in [-0.2, 0) is 4.79 Å². The summed E-state index contributed by atoms with van der Waals surface area (Å²) >= 11 is 2.19. The number of carbonyl (C=O) groups is 1. The summed E-state index contributed by atoms with van der Waals surface area (Å²) in [6.45, 7) is 0.474. The van der Waals surface area contributed by atoms with Crippen molar-refractivity contribution in [2.24, 2.45) is 0 Å². The number of nitrogens with one attached hydrogen (secondary N) is 1. The number of para-hydroxylation sites is 1. The zero-order chi connectivity index (χ0) is 20.9. The molecule has 2 heterocycles. The highest BCUT2D eigenvalue weighted by atomic mass is 127. The van der Waals surface area contributed by atoms with Crippen molar-refractivity contribution in [3.05, 3.63) is 74.8 Å². The van der Waals surface area contributed by atoms with E-state index in [1.165, 1.54) is 6.07 Å². The number of pyridine rings is 1. The summed E-state index contributed by atoms with van der Waals surface area (Å²) in [7, 11) is 0. The van der Waals surface area contributed by atoms with E-state index in [1.54, 1.807) is 18.3 Å². The monoisotopic (exact) mass is 514 g/mol. The lowest BCUT2D eigenvalue weighted by Crippen LogP contribution is -2.12. The molecule has 7 heteroatoms. The average molecular weight is 514 g/mol. The number of nitrogens with zero attached hydrogens (tertiary/aromatic N) is 1. The third-order valence-corrected chi connectivity index (χ3v) is 5.48. The van der Waals surface area contributed by atoms with Gasteiger partial charge < -0.3 is 14.5 Å². The molecule has 4 aromatic rings. The summed E-state index contributed by atoms with van der Waals surface area (Å²) in [4.78, 5) is 28.0. The predicted molar refractivity (Wildman–Crippen MR) is 125 cm³/mol. The smallest absolute Gasteiger partial charge is 0.336 e. The van der Waals surface area contributed by atoms with E-state index < -0.39 is 0 Å². The molecule has 30 heavy (non-hydrogen) atoms. The number of anilines is 1. The zero-order valence-electron chi connectivity index (χ0n) is 16.1. The summed E-state index contributed by atoms with van der Waals surface area (Å²) < 4.78 is 12.0. The molecule has 6 nitrogen and oxygen atoms in total. The molecule has 4 rings (SSSR count). The van der Waals surface area contributed by atoms with Crippen molar-refractivity contribution < 1.29 is 13.9 Å². The normalized spacial score (nSPS) is 11.0. The van der Waals surface area contributed by atoms with Gasteiger partial charge in [0.25, 0.3) is 0 Å². The van der Waals surface area contributed by atoms with Crippen LogP contribution in [0.15, 0.2) is 70.0 Å². The van der Waals surface area contributed by atoms with E-state index in [9.17, 15) is 9.59 Å². The molecule has 0 aliphatic carbocycles. The van der Waals surface area contributed by atoms with Gasteiger partial charge >= 0.3 is 5.63 Å². The van der Waals surface area contributed by atoms with Gasteiger partial charge in [0.05, 0.1) is 21.4 Å². The maximum atomic E-state index is 12.3. The van der Waals surface area contributed by atoms with Crippen LogP contribution in [0.5, 0.6) is 5.75 Å². The Balaban J connectivity index is 1.28. The number of fused-ring (bicyclic) bond motifs is 2. The van der Waals surface area contributed by atoms with Crippen molar-refractivity contribution in [1.29, 1.82) is 0 Å². The third kappa shape index (κ3) is 4.79. The molecule has 0 unspecified atom stereocenters. The minimum absolute atomic E-state index is 0.0461. The number of ether oxygens (including phenoxy) is 1. The van der Waals surface area contributed by atoms with Gasteiger partial charge in [0.1, 0.15) is 11.3 Å². The first kappa shape index (κ1) is 20.3.